The van der Waals surface area contributed by atoms with Gasteiger partial charge in [-0.25, -0.2) is 0 Å². The lowest BCUT2D eigenvalue weighted by atomic mass is 10.0. The average molecular weight is 314 g/mol. The Morgan fingerprint density at radius 3 is 2.38 bits per heavy atom. The molecule has 21 heavy (non-hydrogen) atoms. The van der Waals surface area contributed by atoms with Gasteiger partial charge in [-0.05, 0) is 31.4 Å². The number of hydrogen-bond donors (Lipinski definition) is 1. The summed E-state index contributed by atoms with van der Waals surface area (Å²) in [4.78, 5) is 0.125. The molecular formula is C16H26O4S. The molecule has 1 aromatic carbocycles. The molecule has 0 aliphatic carbocycles. The first-order chi connectivity index (χ1) is 9.85. The van der Waals surface area contributed by atoms with Crippen LogP contribution in [0, 0.1) is 12.8 Å². The Morgan fingerprint density at radius 1 is 1.19 bits per heavy atom. The van der Waals surface area contributed by atoms with Crippen LogP contribution in [0.1, 0.15) is 45.1 Å². The van der Waals surface area contributed by atoms with Crippen LogP contribution in [0.5, 0.6) is 0 Å². The van der Waals surface area contributed by atoms with E-state index in [0.717, 1.165) is 24.8 Å². The van der Waals surface area contributed by atoms with Crippen LogP contribution in [0.2, 0.25) is 0 Å². The van der Waals surface area contributed by atoms with Gasteiger partial charge in [0.05, 0.1) is 17.6 Å². The Bertz CT molecular complexity index is 508. The van der Waals surface area contributed by atoms with Gasteiger partial charge in [-0.2, -0.15) is 8.42 Å². The van der Waals surface area contributed by atoms with E-state index >= 15 is 0 Å². The zero-order chi connectivity index (χ0) is 15.9. The van der Waals surface area contributed by atoms with E-state index in [2.05, 4.69) is 13.8 Å². The van der Waals surface area contributed by atoms with Gasteiger partial charge in [0.15, 0.2) is 0 Å². The number of aliphatic hydroxyl groups is 1. The van der Waals surface area contributed by atoms with Gasteiger partial charge in [-0.3, -0.25) is 4.18 Å². The summed E-state index contributed by atoms with van der Waals surface area (Å²) in [6, 6.07) is 6.47. The zero-order valence-corrected chi connectivity index (χ0v) is 13.9. The Hall–Kier alpha value is -0.910. The number of hydrogen-bond acceptors (Lipinski definition) is 4. The van der Waals surface area contributed by atoms with Gasteiger partial charge in [-0.1, -0.05) is 50.8 Å². The minimum absolute atomic E-state index is 0.125. The molecule has 0 bridgehead atoms. The summed E-state index contributed by atoms with van der Waals surface area (Å²) in [5.41, 5.74) is 0.985. The van der Waals surface area contributed by atoms with Crippen molar-refractivity contribution in [2.24, 2.45) is 5.92 Å². The largest absolute Gasteiger partial charge is 0.391 e. The maximum atomic E-state index is 11.9. The van der Waals surface area contributed by atoms with Gasteiger partial charge >= 0.3 is 0 Å². The summed E-state index contributed by atoms with van der Waals surface area (Å²) >= 11 is 0. The quantitative estimate of drug-likeness (QED) is 0.711. The Labute approximate surface area is 128 Å². The smallest absolute Gasteiger partial charge is 0.297 e. The summed E-state index contributed by atoms with van der Waals surface area (Å²) in [7, 11) is -3.78. The molecule has 0 aliphatic rings. The number of rotatable bonds is 9. The first-order valence-corrected chi connectivity index (χ1v) is 8.90. The van der Waals surface area contributed by atoms with Crippen LogP contribution in [0.25, 0.3) is 0 Å². The van der Waals surface area contributed by atoms with E-state index in [-0.39, 0.29) is 11.5 Å². The zero-order valence-electron chi connectivity index (χ0n) is 13.1. The van der Waals surface area contributed by atoms with Crippen molar-refractivity contribution in [3.8, 4) is 0 Å². The first-order valence-electron chi connectivity index (χ1n) is 7.49. The minimum atomic E-state index is -3.78. The minimum Gasteiger partial charge on any atom is -0.391 e. The molecule has 0 aromatic heterocycles. The topological polar surface area (TPSA) is 63.6 Å². The third-order valence-electron chi connectivity index (χ3n) is 3.66. The second-order valence-corrected chi connectivity index (χ2v) is 7.27. The van der Waals surface area contributed by atoms with Gasteiger partial charge < -0.3 is 5.11 Å². The van der Waals surface area contributed by atoms with E-state index in [1.165, 1.54) is 12.1 Å². The van der Waals surface area contributed by atoms with Gasteiger partial charge in [0.1, 0.15) is 0 Å². The molecule has 0 unspecified atom stereocenters. The molecule has 0 saturated carbocycles. The summed E-state index contributed by atoms with van der Waals surface area (Å²) in [5, 5.41) is 9.80. The lowest BCUT2D eigenvalue weighted by molar-refractivity contribution is 0.0994. The van der Waals surface area contributed by atoms with Crippen LogP contribution in [-0.4, -0.2) is 26.2 Å². The molecular weight excluding hydrogens is 288 g/mol. The van der Waals surface area contributed by atoms with Crippen molar-refractivity contribution >= 4 is 10.1 Å². The molecule has 0 heterocycles. The number of aliphatic hydroxyl groups excluding tert-OH is 1. The van der Waals surface area contributed by atoms with Crippen molar-refractivity contribution in [3.63, 3.8) is 0 Å². The van der Waals surface area contributed by atoms with Crippen molar-refractivity contribution in [2.45, 2.75) is 57.5 Å². The molecule has 1 rings (SSSR count). The summed E-state index contributed by atoms with van der Waals surface area (Å²) < 4.78 is 28.8. The standard InChI is InChI=1S/C16H26O4S/c1-4-13(2)6-5-7-15(17)12-20-21(18,19)16-10-8-14(3)9-11-16/h8-11,13,15,17H,4-7,12H2,1-3H3/t13-,15-/m0/s1. The summed E-state index contributed by atoms with van der Waals surface area (Å²) in [6.07, 6.45) is 2.86. The lowest BCUT2D eigenvalue weighted by Crippen LogP contribution is -2.19. The monoisotopic (exact) mass is 314 g/mol. The molecule has 5 heteroatoms. The predicted molar refractivity (Wildman–Crippen MR) is 83.6 cm³/mol. The fraction of sp³-hybridized carbons (Fsp3) is 0.625. The van der Waals surface area contributed by atoms with Crippen molar-refractivity contribution in [3.05, 3.63) is 29.8 Å². The normalized spacial score (nSPS) is 14.9. The third-order valence-corrected chi connectivity index (χ3v) is 4.95. The molecule has 2 atom stereocenters. The highest BCUT2D eigenvalue weighted by molar-refractivity contribution is 7.86. The highest BCUT2D eigenvalue weighted by Crippen LogP contribution is 2.16. The van der Waals surface area contributed by atoms with Crippen LogP contribution < -0.4 is 0 Å². The molecule has 0 aliphatic heterocycles. The number of aryl methyl sites for hydroxylation is 1. The molecule has 120 valence electrons. The maximum absolute atomic E-state index is 11.9. The molecule has 0 fully saturated rings. The molecule has 1 N–H and O–H groups in total. The molecule has 0 amide bonds. The summed E-state index contributed by atoms with van der Waals surface area (Å²) in [6.45, 7) is 6.01. The van der Waals surface area contributed by atoms with E-state index < -0.39 is 16.2 Å². The Balaban J connectivity index is 2.41. The first kappa shape index (κ1) is 18.1. The second-order valence-electron chi connectivity index (χ2n) is 5.65. The predicted octanol–water partition coefficient (Wildman–Crippen LogP) is 3.28. The van der Waals surface area contributed by atoms with Crippen molar-refractivity contribution in [2.75, 3.05) is 6.61 Å². The van der Waals surface area contributed by atoms with Gasteiger partial charge in [0.25, 0.3) is 10.1 Å². The lowest BCUT2D eigenvalue weighted by Gasteiger charge is -2.13. The summed E-state index contributed by atoms with van der Waals surface area (Å²) in [5.74, 6) is 0.634. The van der Waals surface area contributed by atoms with E-state index in [1.54, 1.807) is 12.1 Å². The maximum Gasteiger partial charge on any atom is 0.297 e. The van der Waals surface area contributed by atoms with Gasteiger partial charge in [0, 0.05) is 0 Å². The second kappa shape index (κ2) is 8.51. The molecule has 1 aromatic rings. The molecule has 0 radical (unpaired) electrons. The van der Waals surface area contributed by atoms with Crippen LogP contribution in [0.3, 0.4) is 0 Å². The fourth-order valence-electron chi connectivity index (χ4n) is 1.93. The van der Waals surface area contributed by atoms with Crippen molar-refractivity contribution in [1.29, 1.82) is 0 Å². The van der Waals surface area contributed by atoms with Crippen LogP contribution >= 0.6 is 0 Å². The fourth-order valence-corrected chi connectivity index (χ4v) is 2.87. The highest BCUT2D eigenvalue weighted by atomic mass is 32.2. The van der Waals surface area contributed by atoms with E-state index in [9.17, 15) is 13.5 Å². The van der Waals surface area contributed by atoms with Crippen LogP contribution in [0.4, 0.5) is 0 Å². The average Bonchev–Trinajstić information content (AvgIpc) is 2.45. The van der Waals surface area contributed by atoms with E-state index in [4.69, 9.17) is 4.18 Å². The molecule has 0 saturated heterocycles. The molecule has 0 spiro atoms. The SMILES string of the molecule is CC[C@H](C)CCC[C@H](O)COS(=O)(=O)c1ccc(C)cc1. The van der Waals surface area contributed by atoms with Gasteiger partial charge in [0.2, 0.25) is 0 Å². The highest BCUT2D eigenvalue weighted by Gasteiger charge is 2.17. The van der Waals surface area contributed by atoms with Gasteiger partial charge in [-0.15, -0.1) is 0 Å². The third kappa shape index (κ3) is 6.59. The van der Waals surface area contributed by atoms with Crippen LogP contribution in [0.15, 0.2) is 29.2 Å². The Kier molecular flexibility index (Phi) is 7.35. The van der Waals surface area contributed by atoms with E-state index in [1.807, 2.05) is 6.92 Å². The Morgan fingerprint density at radius 2 is 1.81 bits per heavy atom. The molecule has 4 nitrogen and oxygen atoms in total. The van der Waals surface area contributed by atoms with E-state index in [0.29, 0.717) is 12.3 Å². The van der Waals surface area contributed by atoms with Crippen molar-refractivity contribution < 1.29 is 17.7 Å². The van der Waals surface area contributed by atoms with Crippen LogP contribution in [-0.2, 0) is 14.3 Å². The van der Waals surface area contributed by atoms with Crippen molar-refractivity contribution in [1.82, 2.24) is 0 Å². The number of benzene rings is 1.